The SMILES string of the molecule is O=C(Nc1ccc(N2CCCC2)cc1)c1c[nH]c2ccccc2c1=O. The van der Waals surface area contributed by atoms with Gasteiger partial charge < -0.3 is 15.2 Å². The van der Waals surface area contributed by atoms with Crippen molar-refractivity contribution in [2.45, 2.75) is 12.8 Å². The van der Waals surface area contributed by atoms with E-state index in [4.69, 9.17) is 0 Å². The van der Waals surface area contributed by atoms with E-state index in [1.54, 1.807) is 12.1 Å². The topological polar surface area (TPSA) is 65.2 Å². The van der Waals surface area contributed by atoms with E-state index < -0.39 is 5.91 Å². The van der Waals surface area contributed by atoms with Crippen LogP contribution in [0.4, 0.5) is 11.4 Å². The molecule has 4 rings (SSSR count). The van der Waals surface area contributed by atoms with Crippen LogP contribution in [-0.2, 0) is 0 Å². The van der Waals surface area contributed by atoms with E-state index in [9.17, 15) is 9.59 Å². The number of pyridine rings is 1. The lowest BCUT2D eigenvalue weighted by Gasteiger charge is -2.17. The monoisotopic (exact) mass is 333 g/mol. The number of fused-ring (bicyclic) bond motifs is 1. The fourth-order valence-electron chi connectivity index (χ4n) is 3.27. The molecule has 3 aromatic rings. The van der Waals surface area contributed by atoms with E-state index in [1.807, 2.05) is 36.4 Å². The fraction of sp³-hybridized carbons (Fsp3) is 0.200. The molecule has 5 nitrogen and oxygen atoms in total. The number of carbonyl (C=O) groups is 1. The van der Waals surface area contributed by atoms with Crippen molar-refractivity contribution in [1.82, 2.24) is 4.98 Å². The van der Waals surface area contributed by atoms with Crippen LogP contribution in [0.3, 0.4) is 0 Å². The molecular weight excluding hydrogens is 314 g/mol. The van der Waals surface area contributed by atoms with Gasteiger partial charge in [-0.15, -0.1) is 0 Å². The Hall–Kier alpha value is -3.08. The van der Waals surface area contributed by atoms with Crippen LogP contribution in [-0.4, -0.2) is 24.0 Å². The minimum absolute atomic E-state index is 0.113. The smallest absolute Gasteiger partial charge is 0.261 e. The summed E-state index contributed by atoms with van der Waals surface area (Å²) in [7, 11) is 0. The zero-order valence-corrected chi connectivity index (χ0v) is 13.8. The van der Waals surface area contributed by atoms with Crippen molar-refractivity contribution in [2.75, 3.05) is 23.3 Å². The van der Waals surface area contributed by atoms with Crippen molar-refractivity contribution in [3.8, 4) is 0 Å². The Morgan fingerprint density at radius 1 is 1.00 bits per heavy atom. The molecule has 2 heterocycles. The maximum atomic E-state index is 12.5. The number of nitrogens with one attached hydrogen (secondary N) is 2. The summed E-state index contributed by atoms with van der Waals surface area (Å²) in [6.07, 6.45) is 3.92. The van der Waals surface area contributed by atoms with Gasteiger partial charge in [-0.3, -0.25) is 9.59 Å². The second-order valence-corrected chi connectivity index (χ2v) is 6.27. The molecule has 1 aromatic heterocycles. The number of benzene rings is 2. The standard InChI is InChI=1S/C20H19N3O2/c24-19-16-5-1-2-6-18(16)21-13-17(19)20(25)22-14-7-9-15(10-8-14)23-11-3-4-12-23/h1-2,5-10,13H,3-4,11-12H2,(H,21,24)(H,22,25). The van der Waals surface area contributed by atoms with Crippen LogP contribution in [0.25, 0.3) is 10.9 Å². The first-order valence-corrected chi connectivity index (χ1v) is 8.49. The van der Waals surface area contributed by atoms with Crippen LogP contribution in [0, 0.1) is 0 Å². The van der Waals surface area contributed by atoms with Crippen molar-refractivity contribution in [2.24, 2.45) is 0 Å². The van der Waals surface area contributed by atoms with Crippen LogP contribution < -0.4 is 15.6 Å². The Morgan fingerprint density at radius 2 is 1.72 bits per heavy atom. The Labute approximate surface area is 145 Å². The number of rotatable bonds is 3. The Morgan fingerprint density at radius 3 is 2.48 bits per heavy atom. The number of aromatic nitrogens is 1. The third-order valence-corrected chi connectivity index (χ3v) is 4.63. The maximum absolute atomic E-state index is 12.5. The van der Waals surface area contributed by atoms with Crippen molar-refractivity contribution < 1.29 is 4.79 Å². The molecule has 126 valence electrons. The van der Waals surface area contributed by atoms with E-state index in [-0.39, 0.29) is 11.0 Å². The molecule has 1 amide bonds. The number of amides is 1. The van der Waals surface area contributed by atoms with Crippen molar-refractivity contribution in [3.05, 3.63) is 70.5 Å². The zero-order chi connectivity index (χ0) is 17.2. The van der Waals surface area contributed by atoms with Gasteiger partial charge in [0.05, 0.1) is 0 Å². The van der Waals surface area contributed by atoms with Gasteiger partial charge in [0.25, 0.3) is 5.91 Å². The second-order valence-electron chi connectivity index (χ2n) is 6.27. The molecule has 0 saturated carbocycles. The number of aromatic amines is 1. The summed E-state index contributed by atoms with van der Waals surface area (Å²) in [4.78, 5) is 30.3. The van der Waals surface area contributed by atoms with Gasteiger partial charge in [0.2, 0.25) is 5.43 Å². The van der Waals surface area contributed by atoms with Gasteiger partial charge in [-0.2, -0.15) is 0 Å². The predicted molar refractivity (Wildman–Crippen MR) is 100 cm³/mol. The number of hydrogen-bond donors (Lipinski definition) is 2. The molecule has 1 fully saturated rings. The highest BCUT2D eigenvalue weighted by Crippen LogP contribution is 2.22. The van der Waals surface area contributed by atoms with E-state index >= 15 is 0 Å². The molecule has 2 aromatic carbocycles. The number of carbonyl (C=O) groups excluding carboxylic acids is 1. The molecule has 1 aliphatic heterocycles. The highest BCUT2D eigenvalue weighted by atomic mass is 16.2. The fourth-order valence-corrected chi connectivity index (χ4v) is 3.27. The van der Waals surface area contributed by atoms with E-state index in [0.29, 0.717) is 11.1 Å². The number of H-pyrrole nitrogens is 1. The van der Waals surface area contributed by atoms with E-state index in [0.717, 1.165) is 18.6 Å². The maximum Gasteiger partial charge on any atom is 0.261 e. The second kappa shape index (κ2) is 6.43. The van der Waals surface area contributed by atoms with Crippen LogP contribution in [0.1, 0.15) is 23.2 Å². The Balaban J connectivity index is 1.55. The van der Waals surface area contributed by atoms with Crippen molar-refractivity contribution >= 4 is 28.2 Å². The molecule has 0 atom stereocenters. The summed E-state index contributed by atoms with van der Waals surface area (Å²) >= 11 is 0. The summed E-state index contributed by atoms with van der Waals surface area (Å²) in [5, 5.41) is 3.32. The lowest BCUT2D eigenvalue weighted by Crippen LogP contribution is -2.22. The highest BCUT2D eigenvalue weighted by Gasteiger charge is 2.14. The Bertz CT molecular complexity index is 970. The van der Waals surface area contributed by atoms with Crippen LogP contribution >= 0.6 is 0 Å². The molecule has 0 spiro atoms. The summed E-state index contributed by atoms with van der Waals surface area (Å²) in [5.74, 6) is -0.402. The summed E-state index contributed by atoms with van der Waals surface area (Å²) in [6, 6.07) is 14.9. The molecule has 1 aliphatic rings. The summed E-state index contributed by atoms with van der Waals surface area (Å²) in [6.45, 7) is 2.16. The molecule has 0 aliphatic carbocycles. The number of nitrogens with zero attached hydrogens (tertiary/aromatic N) is 1. The normalized spacial score (nSPS) is 14.0. The third kappa shape index (κ3) is 3.01. The average Bonchev–Trinajstić information content (AvgIpc) is 3.17. The van der Waals surface area contributed by atoms with Gasteiger partial charge in [0.1, 0.15) is 5.56 Å². The van der Waals surface area contributed by atoms with Gasteiger partial charge >= 0.3 is 0 Å². The largest absolute Gasteiger partial charge is 0.372 e. The number of hydrogen-bond acceptors (Lipinski definition) is 3. The third-order valence-electron chi connectivity index (χ3n) is 4.63. The molecule has 0 bridgehead atoms. The Kier molecular flexibility index (Phi) is 3.98. The predicted octanol–water partition coefficient (Wildman–Crippen LogP) is 3.38. The first kappa shape index (κ1) is 15.4. The van der Waals surface area contributed by atoms with Crippen LogP contribution in [0.2, 0.25) is 0 Å². The van der Waals surface area contributed by atoms with Crippen molar-refractivity contribution in [1.29, 1.82) is 0 Å². The molecular formula is C20H19N3O2. The van der Waals surface area contributed by atoms with E-state index in [2.05, 4.69) is 15.2 Å². The van der Waals surface area contributed by atoms with E-state index in [1.165, 1.54) is 24.7 Å². The van der Waals surface area contributed by atoms with Crippen molar-refractivity contribution in [3.63, 3.8) is 0 Å². The summed E-state index contributed by atoms with van der Waals surface area (Å²) < 4.78 is 0. The average molecular weight is 333 g/mol. The zero-order valence-electron chi connectivity index (χ0n) is 13.8. The van der Waals surface area contributed by atoms with Crippen LogP contribution in [0.5, 0.6) is 0 Å². The molecule has 0 radical (unpaired) electrons. The van der Waals surface area contributed by atoms with Crippen LogP contribution in [0.15, 0.2) is 59.5 Å². The quantitative estimate of drug-likeness (QED) is 0.772. The molecule has 25 heavy (non-hydrogen) atoms. The molecule has 0 unspecified atom stereocenters. The van der Waals surface area contributed by atoms with Gasteiger partial charge in [-0.25, -0.2) is 0 Å². The van der Waals surface area contributed by atoms with Gasteiger partial charge in [0.15, 0.2) is 0 Å². The minimum atomic E-state index is -0.402. The molecule has 5 heteroatoms. The van der Waals surface area contributed by atoms with Gasteiger partial charge in [-0.05, 0) is 49.2 Å². The molecule has 1 saturated heterocycles. The first-order chi connectivity index (χ1) is 12.2. The van der Waals surface area contributed by atoms with Gasteiger partial charge in [0, 0.05) is 41.6 Å². The number of anilines is 2. The minimum Gasteiger partial charge on any atom is -0.372 e. The molecule has 2 N–H and O–H groups in total. The van der Waals surface area contributed by atoms with Gasteiger partial charge in [-0.1, -0.05) is 12.1 Å². The first-order valence-electron chi connectivity index (χ1n) is 8.49. The lowest BCUT2D eigenvalue weighted by atomic mass is 10.1. The number of para-hydroxylation sites is 1. The lowest BCUT2D eigenvalue weighted by molar-refractivity contribution is 0.102. The summed E-state index contributed by atoms with van der Waals surface area (Å²) in [5.41, 5.74) is 2.42. The highest BCUT2D eigenvalue weighted by molar-refractivity contribution is 6.05.